The van der Waals surface area contributed by atoms with Gasteiger partial charge in [0.25, 0.3) is 0 Å². The first-order valence-electron chi connectivity index (χ1n) is 7.75. The molecular weight excluding hydrogens is 294 g/mol. The van der Waals surface area contributed by atoms with Crippen molar-refractivity contribution in [2.24, 2.45) is 7.05 Å². The second-order valence-electron chi connectivity index (χ2n) is 5.64. The first-order valence-corrected chi connectivity index (χ1v) is 7.75. The summed E-state index contributed by atoms with van der Waals surface area (Å²) in [6, 6.07) is 7.76. The largest absolute Gasteiger partial charge is 0.493 e. The van der Waals surface area contributed by atoms with E-state index in [0.29, 0.717) is 6.61 Å². The highest BCUT2D eigenvalue weighted by atomic mass is 16.5. The summed E-state index contributed by atoms with van der Waals surface area (Å²) in [5.74, 6) is 1.51. The average Bonchev–Trinajstić information content (AvgIpc) is 2.99. The van der Waals surface area contributed by atoms with E-state index >= 15 is 0 Å². The fourth-order valence-electron chi connectivity index (χ4n) is 2.77. The number of aryl methyl sites for hydroxylation is 1. The molecule has 1 N–H and O–H groups in total. The van der Waals surface area contributed by atoms with E-state index in [-0.39, 0.29) is 24.7 Å². The average molecular weight is 315 g/mol. The predicted molar refractivity (Wildman–Crippen MR) is 85.0 cm³/mol. The number of benzene rings is 1. The lowest BCUT2D eigenvalue weighted by Crippen LogP contribution is -2.34. The fourth-order valence-corrected chi connectivity index (χ4v) is 2.77. The minimum Gasteiger partial charge on any atom is -0.493 e. The molecule has 1 aromatic carbocycles. The van der Waals surface area contributed by atoms with E-state index in [1.165, 1.54) is 0 Å². The molecule has 2 aromatic rings. The van der Waals surface area contributed by atoms with Crippen LogP contribution >= 0.6 is 0 Å². The third-order valence-corrected chi connectivity index (χ3v) is 3.98. The second kappa shape index (κ2) is 6.83. The summed E-state index contributed by atoms with van der Waals surface area (Å²) in [4.78, 5) is 16.4. The lowest BCUT2D eigenvalue weighted by molar-refractivity contribution is -0.128. The summed E-state index contributed by atoms with van der Waals surface area (Å²) in [6.45, 7) is 2.50. The van der Waals surface area contributed by atoms with Gasteiger partial charge in [-0.3, -0.25) is 4.79 Å². The summed E-state index contributed by atoms with van der Waals surface area (Å²) >= 11 is 0. The molecule has 2 unspecified atom stereocenters. The molecule has 0 spiro atoms. The number of nitrogens with one attached hydrogen (secondary N) is 1. The zero-order chi connectivity index (χ0) is 16.2. The standard InChI is InChI=1S/C17H21N3O3/c1-12(17-18-8-9-20(17)2)23-11-16(21)19-14-7-10-22-15-6-4-3-5-13(14)15/h3-6,8-9,12,14H,7,10-11H2,1-2H3,(H,19,21). The van der Waals surface area contributed by atoms with Gasteiger partial charge in [-0.15, -0.1) is 0 Å². The molecule has 3 rings (SSSR count). The Balaban J connectivity index is 1.55. The monoisotopic (exact) mass is 315 g/mol. The van der Waals surface area contributed by atoms with E-state index in [4.69, 9.17) is 9.47 Å². The number of ether oxygens (including phenoxy) is 2. The van der Waals surface area contributed by atoms with Crippen molar-refractivity contribution in [3.8, 4) is 5.75 Å². The van der Waals surface area contributed by atoms with Crippen LogP contribution in [0.4, 0.5) is 0 Å². The normalized spacial score (nSPS) is 17.9. The summed E-state index contributed by atoms with van der Waals surface area (Å²) in [5, 5.41) is 3.02. The lowest BCUT2D eigenvalue weighted by Gasteiger charge is -2.26. The number of para-hydroxylation sites is 1. The molecule has 6 heteroatoms. The Labute approximate surface area is 135 Å². The molecule has 0 radical (unpaired) electrons. The van der Waals surface area contributed by atoms with Gasteiger partial charge >= 0.3 is 0 Å². The number of carbonyl (C=O) groups is 1. The van der Waals surface area contributed by atoms with Crippen molar-refractivity contribution in [3.05, 3.63) is 48.0 Å². The molecule has 1 aliphatic rings. The van der Waals surface area contributed by atoms with Crippen molar-refractivity contribution in [3.63, 3.8) is 0 Å². The van der Waals surface area contributed by atoms with E-state index in [1.54, 1.807) is 6.20 Å². The molecule has 0 fully saturated rings. The van der Waals surface area contributed by atoms with Crippen LogP contribution in [0.1, 0.15) is 36.9 Å². The van der Waals surface area contributed by atoms with Crippen molar-refractivity contribution < 1.29 is 14.3 Å². The van der Waals surface area contributed by atoms with E-state index in [2.05, 4.69) is 10.3 Å². The highest BCUT2D eigenvalue weighted by Gasteiger charge is 2.23. The molecule has 2 heterocycles. The molecule has 2 atom stereocenters. The van der Waals surface area contributed by atoms with Gasteiger partial charge in [-0.2, -0.15) is 0 Å². The second-order valence-corrected chi connectivity index (χ2v) is 5.64. The third kappa shape index (κ3) is 3.53. The molecule has 1 aliphatic heterocycles. The Morgan fingerprint density at radius 1 is 1.52 bits per heavy atom. The van der Waals surface area contributed by atoms with Gasteiger partial charge in [-0.1, -0.05) is 18.2 Å². The van der Waals surface area contributed by atoms with E-state index < -0.39 is 0 Å². The molecule has 6 nitrogen and oxygen atoms in total. The number of amides is 1. The number of aromatic nitrogens is 2. The van der Waals surface area contributed by atoms with Crippen LogP contribution in [0.3, 0.4) is 0 Å². The minimum atomic E-state index is -0.234. The van der Waals surface area contributed by atoms with Gasteiger partial charge in [-0.25, -0.2) is 4.98 Å². The quantitative estimate of drug-likeness (QED) is 0.918. The van der Waals surface area contributed by atoms with Crippen LogP contribution in [-0.4, -0.2) is 28.7 Å². The molecule has 0 bridgehead atoms. The number of nitrogens with zero attached hydrogens (tertiary/aromatic N) is 2. The number of imidazole rings is 1. The van der Waals surface area contributed by atoms with E-state index in [1.807, 2.05) is 49.0 Å². The molecule has 1 aromatic heterocycles. The van der Waals surface area contributed by atoms with Crippen LogP contribution in [0.15, 0.2) is 36.7 Å². The third-order valence-electron chi connectivity index (χ3n) is 3.98. The molecule has 0 saturated heterocycles. The van der Waals surface area contributed by atoms with Crippen molar-refractivity contribution in [2.45, 2.75) is 25.5 Å². The SMILES string of the molecule is CC(OCC(=O)NC1CCOc2ccccc21)c1nccn1C. The van der Waals surface area contributed by atoms with Crippen LogP contribution in [0.5, 0.6) is 5.75 Å². The Kier molecular flexibility index (Phi) is 4.62. The first kappa shape index (κ1) is 15.6. The maximum atomic E-state index is 12.2. The summed E-state index contributed by atoms with van der Waals surface area (Å²) in [5.41, 5.74) is 1.02. The van der Waals surface area contributed by atoms with Gasteiger partial charge in [0.2, 0.25) is 5.91 Å². The minimum absolute atomic E-state index is 0.00749. The van der Waals surface area contributed by atoms with Crippen molar-refractivity contribution in [2.75, 3.05) is 13.2 Å². The highest BCUT2D eigenvalue weighted by molar-refractivity contribution is 5.77. The summed E-state index contributed by atoms with van der Waals surface area (Å²) in [6.07, 6.45) is 4.10. The Bertz CT molecular complexity index is 683. The molecule has 23 heavy (non-hydrogen) atoms. The van der Waals surface area contributed by atoms with Crippen LogP contribution in [0.2, 0.25) is 0 Å². The maximum absolute atomic E-state index is 12.2. The lowest BCUT2D eigenvalue weighted by atomic mass is 10.0. The highest BCUT2D eigenvalue weighted by Crippen LogP contribution is 2.31. The number of carbonyl (C=O) groups excluding carboxylic acids is 1. The Hall–Kier alpha value is -2.34. The number of fused-ring (bicyclic) bond motifs is 1. The summed E-state index contributed by atoms with van der Waals surface area (Å²) in [7, 11) is 1.90. The smallest absolute Gasteiger partial charge is 0.246 e. The Morgan fingerprint density at radius 2 is 2.35 bits per heavy atom. The summed E-state index contributed by atoms with van der Waals surface area (Å²) < 4.78 is 13.1. The van der Waals surface area contributed by atoms with Crippen LogP contribution in [0.25, 0.3) is 0 Å². The fraction of sp³-hybridized carbons (Fsp3) is 0.412. The van der Waals surface area contributed by atoms with E-state index in [9.17, 15) is 4.79 Å². The zero-order valence-electron chi connectivity index (χ0n) is 13.4. The number of hydrogen-bond donors (Lipinski definition) is 1. The maximum Gasteiger partial charge on any atom is 0.246 e. The molecule has 1 amide bonds. The van der Waals surface area contributed by atoms with Gasteiger partial charge in [0.1, 0.15) is 24.3 Å². The van der Waals surface area contributed by atoms with Crippen molar-refractivity contribution in [1.29, 1.82) is 0 Å². The molecule has 0 saturated carbocycles. The Morgan fingerprint density at radius 3 is 3.13 bits per heavy atom. The van der Waals surface area contributed by atoms with Crippen molar-refractivity contribution >= 4 is 5.91 Å². The van der Waals surface area contributed by atoms with Crippen molar-refractivity contribution in [1.82, 2.24) is 14.9 Å². The van der Waals surface area contributed by atoms with Gasteiger partial charge in [-0.05, 0) is 13.0 Å². The predicted octanol–water partition coefficient (Wildman–Crippen LogP) is 2.14. The number of rotatable bonds is 5. The molecular formula is C17H21N3O3. The zero-order valence-corrected chi connectivity index (χ0v) is 13.4. The van der Waals surface area contributed by atoms with Gasteiger partial charge in [0.05, 0.1) is 12.6 Å². The topological polar surface area (TPSA) is 65.4 Å². The molecule has 0 aliphatic carbocycles. The van der Waals surface area contributed by atoms with Crippen LogP contribution < -0.4 is 10.1 Å². The van der Waals surface area contributed by atoms with E-state index in [0.717, 1.165) is 23.6 Å². The van der Waals surface area contributed by atoms with Gasteiger partial charge < -0.3 is 19.4 Å². The number of hydrogen-bond acceptors (Lipinski definition) is 4. The van der Waals surface area contributed by atoms with Crippen LogP contribution in [0, 0.1) is 0 Å². The molecule has 122 valence electrons. The first-order chi connectivity index (χ1) is 11.1. The van der Waals surface area contributed by atoms with Gasteiger partial charge in [0, 0.05) is 31.4 Å². The van der Waals surface area contributed by atoms with Gasteiger partial charge in [0.15, 0.2) is 0 Å². The van der Waals surface area contributed by atoms with Crippen LogP contribution in [-0.2, 0) is 16.6 Å².